The van der Waals surface area contributed by atoms with Crippen molar-refractivity contribution in [3.8, 4) is 0 Å². The molecule has 8 nitrogen and oxygen atoms in total. The minimum atomic E-state index is -0.514. The van der Waals surface area contributed by atoms with Gasteiger partial charge in [-0.15, -0.1) is 11.3 Å². The SMILES string of the molecule is CCOC(=O)Nc1cc(CCc2cnc(CC(=O)Cc3cc(C(C)(C)C)nn3C)s2)ccn1. The van der Waals surface area contributed by atoms with Crippen molar-refractivity contribution in [2.75, 3.05) is 11.9 Å². The average molecular weight is 470 g/mol. The highest BCUT2D eigenvalue weighted by Gasteiger charge is 2.20. The molecular weight excluding hydrogens is 438 g/mol. The number of aryl methyl sites for hydroxylation is 3. The Morgan fingerprint density at radius 1 is 1.15 bits per heavy atom. The molecule has 0 fully saturated rings. The van der Waals surface area contributed by atoms with Crippen LogP contribution in [0.1, 0.15) is 54.5 Å². The summed E-state index contributed by atoms with van der Waals surface area (Å²) in [6.45, 7) is 8.40. The second-order valence-electron chi connectivity index (χ2n) is 8.90. The number of Topliss-reactive ketones (excluding diaryl/α,β-unsaturated/α-hetero) is 1. The molecule has 3 aromatic heterocycles. The third-order valence-electron chi connectivity index (χ3n) is 5.06. The molecule has 1 N–H and O–H groups in total. The summed E-state index contributed by atoms with van der Waals surface area (Å²) in [5, 5.41) is 7.99. The average Bonchev–Trinajstić information content (AvgIpc) is 3.33. The molecule has 3 aromatic rings. The highest BCUT2D eigenvalue weighted by Crippen LogP contribution is 2.22. The Labute approximate surface area is 198 Å². The molecule has 0 aliphatic rings. The minimum Gasteiger partial charge on any atom is -0.450 e. The van der Waals surface area contributed by atoms with Crippen molar-refractivity contribution in [3.63, 3.8) is 0 Å². The number of nitrogens with one attached hydrogen (secondary N) is 1. The molecule has 9 heteroatoms. The summed E-state index contributed by atoms with van der Waals surface area (Å²) >= 11 is 1.57. The zero-order valence-corrected chi connectivity index (χ0v) is 20.7. The van der Waals surface area contributed by atoms with E-state index in [1.54, 1.807) is 29.1 Å². The standard InChI is InChI=1S/C24H31N5O3S/c1-6-32-23(31)27-21-11-16(9-10-25-21)7-8-19-15-26-22(33-19)14-18(30)12-17-13-20(24(2,3)4)28-29(17)5/h9-11,13,15H,6-8,12,14H2,1-5H3,(H,25,27,31). The number of ketones is 1. The van der Waals surface area contributed by atoms with Crippen LogP contribution in [0.5, 0.6) is 0 Å². The van der Waals surface area contributed by atoms with Gasteiger partial charge in [-0.2, -0.15) is 5.10 Å². The second-order valence-corrected chi connectivity index (χ2v) is 10.1. The van der Waals surface area contributed by atoms with Crippen LogP contribution in [0.4, 0.5) is 10.6 Å². The van der Waals surface area contributed by atoms with Crippen molar-refractivity contribution >= 4 is 29.0 Å². The number of hydrogen-bond acceptors (Lipinski definition) is 7. The number of carbonyl (C=O) groups excluding carboxylic acids is 2. The van der Waals surface area contributed by atoms with Crippen LogP contribution in [0.2, 0.25) is 0 Å². The van der Waals surface area contributed by atoms with Crippen molar-refractivity contribution in [1.82, 2.24) is 19.7 Å². The molecule has 0 saturated heterocycles. The van der Waals surface area contributed by atoms with E-state index >= 15 is 0 Å². The van der Waals surface area contributed by atoms with E-state index in [0.717, 1.165) is 39.7 Å². The molecule has 0 aliphatic carbocycles. The Hall–Kier alpha value is -3.07. The number of amides is 1. The van der Waals surface area contributed by atoms with Crippen LogP contribution in [0, 0.1) is 0 Å². The lowest BCUT2D eigenvalue weighted by atomic mass is 9.92. The van der Waals surface area contributed by atoms with Gasteiger partial charge in [-0.25, -0.2) is 14.8 Å². The summed E-state index contributed by atoms with van der Waals surface area (Å²) < 4.78 is 6.68. The van der Waals surface area contributed by atoms with Gasteiger partial charge < -0.3 is 4.74 Å². The fraction of sp³-hybridized carbons (Fsp3) is 0.458. The zero-order valence-electron chi connectivity index (χ0n) is 19.8. The number of ether oxygens (including phenoxy) is 1. The summed E-state index contributed by atoms with van der Waals surface area (Å²) in [4.78, 5) is 33.9. The Kier molecular flexibility index (Phi) is 7.97. The lowest BCUT2D eigenvalue weighted by Gasteiger charge is -2.13. The van der Waals surface area contributed by atoms with E-state index in [4.69, 9.17) is 4.74 Å². The van der Waals surface area contributed by atoms with Gasteiger partial charge in [0.05, 0.1) is 18.7 Å². The maximum atomic E-state index is 12.6. The number of thiazole rings is 1. The van der Waals surface area contributed by atoms with Crippen LogP contribution >= 0.6 is 11.3 Å². The van der Waals surface area contributed by atoms with Crippen molar-refractivity contribution in [1.29, 1.82) is 0 Å². The zero-order chi connectivity index (χ0) is 24.0. The first-order valence-electron chi connectivity index (χ1n) is 11.0. The molecule has 176 valence electrons. The summed E-state index contributed by atoms with van der Waals surface area (Å²) in [6.07, 6.45) is 5.24. The van der Waals surface area contributed by atoms with Crippen LogP contribution < -0.4 is 5.32 Å². The fourth-order valence-corrected chi connectivity index (χ4v) is 4.20. The Morgan fingerprint density at radius 2 is 1.94 bits per heavy atom. The number of rotatable bonds is 9. The Morgan fingerprint density at radius 3 is 2.64 bits per heavy atom. The molecule has 0 spiro atoms. The molecule has 0 aliphatic heterocycles. The second kappa shape index (κ2) is 10.7. The van der Waals surface area contributed by atoms with Gasteiger partial charge in [0.15, 0.2) is 0 Å². The molecule has 0 unspecified atom stereocenters. The van der Waals surface area contributed by atoms with Gasteiger partial charge in [-0.05, 0) is 43.5 Å². The van der Waals surface area contributed by atoms with Gasteiger partial charge in [-0.3, -0.25) is 14.8 Å². The lowest BCUT2D eigenvalue weighted by Crippen LogP contribution is -2.14. The molecular formula is C24H31N5O3S. The number of aromatic nitrogens is 4. The fourth-order valence-electron chi connectivity index (χ4n) is 3.25. The summed E-state index contributed by atoms with van der Waals surface area (Å²) in [5.74, 6) is 0.592. The van der Waals surface area contributed by atoms with Gasteiger partial charge in [0, 0.05) is 41.8 Å². The molecule has 1 amide bonds. The quantitative estimate of drug-likeness (QED) is 0.502. The van der Waals surface area contributed by atoms with E-state index in [-0.39, 0.29) is 11.2 Å². The lowest BCUT2D eigenvalue weighted by molar-refractivity contribution is -0.117. The minimum absolute atomic E-state index is 0.0479. The molecule has 0 saturated carbocycles. The van der Waals surface area contributed by atoms with E-state index in [1.807, 2.05) is 31.4 Å². The third kappa shape index (κ3) is 7.21. The van der Waals surface area contributed by atoms with Gasteiger partial charge in [0.1, 0.15) is 16.6 Å². The summed E-state index contributed by atoms with van der Waals surface area (Å²) in [7, 11) is 1.88. The topological polar surface area (TPSA) is 99.0 Å². The molecule has 3 heterocycles. The molecule has 0 aromatic carbocycles. The molecule has 0 radical (unpaired) electrons. The largest absolute Gasteiger partial charge is 0.450 e. The maximum absolute atomic E-state index is 12.6. The first kappa shape index (κ1) is 24.6. The van der Waals surface area contributed by atoms with Gasteiger partial charge >= 0.3 is 6.09 Å². The first-order valence-corrected chi connectivity index (χ1v) is 11.8. The number of carbonyl (C=O) groups is 2. The monoisotopic (exact) mass is 469 g/mol. The van der Waals surface area contributed by atoms with E-state index in [1.165, 1.54) is 0 Å². The molecule has 0 bridgehead atoms. The molecule has 0 atom stereocenters. The number of anilines is 1. The van der Waals surface area contributed by atoms with Gasteiger partial charge in [0.25, 0.3) is 0 Å². The van der Waals surface area contributed by atoms with E-state index in [0.29, 0.717) is 25.3 Å². The van der Waals surface area contributed by atoms with Crippen molar-refractivity contribution in [2.24, 2.45) is 7.05 Å². The van der Waals surface area contributed by atoms with Gasteiger partial charge in [0.2, 0.25) is 0 Å². The predicted octanol–water partition coefficient (Wildman–Crippen LogP) is 4.28. The smallest absolute Gasteiger partial charge is 0.412 e. The van der Waals surface area contributed by atoms with Crippen molar-refractivity contribution < 1.29 is 14.3 Å². The highest BCUT2D eigenvalue weighted by atomic mass is 32.1. The summed E-state index contributed by atoms with van der Waals surface area (Å²) in [5.41, 5.74) is 2.91. The summed E-state index contributed by atoms with van der Waals surface area (Å²) in [6, 6.07) is 5.77. The molecule has 3 rings (SSSR count). The Bertz CT molecular complexity index is 1110. The van der Waals surface area contributed by atoms with Crippen LogP contribution in [0.25, 0.3) is 0 Å². The highest BCUT2D eigenvalue weighted by molar-refractivity contribution is 7.11. The van der Waals surface area contributed by atoms with Crippen molar-refractivity contribution in [2.45, 2.75) is 58.8 Å². The van der Waals surface area contributed by atoms with Gasteiger partial charge in [-0.1, -0.05) is 20.8 Å². The van der Waals surface area contributed by atoms with Crippen LogP contribution in [0.15, 0.2) is 30.6 Å². The van der Waals surface area contributed by atoms with E-state index < -0.39 is 6.09 Å². The molecule has 33 heavy (non-hydrogen) atoms. The van der Waals surface area contributed by atoms with Crippen LogP contribution in [0.3, 0.4) is 0 Å². The maximum Gasteiger partial charge on any atom is 0.412 e. The van der Waals surface area contributed by atoms with Crippen LogP contribution in [-0.4, -0.2) is 38.2 Å². The van der Waals surface area contributed by atoms with Crippen molar-refractivity contribution in [3.05, 3.63) is 57.4 Å². The van der Waals surface area contributed by atoms with E-state index in [2.05, 4.69) is 41.2 Å². The van der Waals surface area contributed by atoms with E-state index in [9.17, 15) is 9.59 Å². The predicted molar refractivity (Wildman–Crippen MR) is 129 cm³/mol. The number of nitrogens with zero attached hydrogens (tertiary/aromatic N) is 4. The Balaban J connectivity index is 1.53. The van der Waals surface area contributed by atoms with Crippen LogP contribution in [-0.2, 0) is 47.7 Å². The first-order chi connectivity index (χ1) is 15.6. The third-order valence-corrected chi connectivity index (χ3v) is 6.12. The normalized spacial score (nSPS) is 11.4. The number of hydrogen-bond donors (Lipinski definition) is 1. The number of pyridine rings is 1.